The summed E-state index contributed by atoms with van der Waals surface area (Å²) in [4.78, 5) is 7.23. The molecule has 7 nitrogen and oxygen atoms in total. The Morgan fingerprint density at radius 3 is 2.03 bits per heavy atom. The van der Waals surface area contributed by atoms with Crippen LogP contribution in [0.25, 0.3) is 0 Å². The summed E-state index contributed by atoms with van der Waals surface area (Å²) in [5.74, 6) is 2.74. The lowest BCUT2D eigenvalue weighted by molar-refractivity contribution is 0.173. The third kappa shape index (κ3) is 10.2. The van der Waals surface area contributed by atoms with Crippen LogP contribution in [0.2, 0.25) is 0 Å². The van der Waals surface area contributed by atoms with Crippen LogP contribution in [0.5, 0.6) is 17.2 Å². The molecule has 0 saturated heterocycles. The van der Waals surface area contributed by atoms with E-state index in [1.165, 1.54) is 0 Å². The molecule has 8 heteroatoms. The van der Waals surface area contributed by atoms with Gasteiger partial charge in [0.2, 0.25) is 5.75 Å². The third-order valence-corrected chi connectivity index (χ3v) is 4.79. The molecule has 1 aromatic rings. The Labute approximate surface area is 206 Å². The number of methoxy groups -OCH3 is 2. The Balaban J connectivity index is 0.00000900. The standard InChI is InChI=1S/C23H42N4O3.HI/c1-9-24-23(25-12-11-13-27(17(3)4)18(5)6)26-16-19-14-20(28-7)22(30-10-2)21(15-19)29-8;/h14-15,17-18H,9-13,16H2,1-8H3,(H2,24,25,26);1H. The van der Waals surface area contributed by atoms with E-state index in [0.717, 1.165) is 37.6 Å². The highest BCUT2D eigenvalue weighted by Crippen LogP contribution is 2.38. The number of hydrogen-bond acceptors (Lipinski definition) is 5. The van der Waals surface area contributed by atoms with Gasteiger partial charge in [-0.2, -0.15) is 0 Å². The number of hydrogen-bond donors (Lipinski definition) is 2. The summed E-state index contributed by atoms with van der Waals surface area (Å²) in [6.07, 6.45) is 1.06. The highest BCUT2D eigenvalue weighted by molar-refractivity contribution is 14.0. The molecule has 0 aliphatic carbocycles. The van der Waals surface area contributed by atoms with Gasteiger partial charge in [0.15, 0.2) is 17.5 Å². The fourth-order valence-electron chi connectivity index (χ4n) is 3.41. The Morgan fingerprint density at radius 1 is 1.00 bits per heavy atom. The van der Waals surface area contributed by atoms with Crippen molar-refractivity contribution >= 4 is 29.9 Å². The van der Waals surface area contributed by atoms with E-state index in [2.05, 4.69) is 50.2 Å². The molecule has 0 aromatic heterocycles. The topological polar surface area (TPSA) is 67.4 Å². The van der Waals surface area contributed by atoms with E-state index in [0.29, 0.717) is 42.5 Å². The lowest BCUT2D eigenvalue weighted by Gasteiger charge is -2.30. The number of nitrogens with one attached hydrogen (secondary N) is 2. The zero-order valence-electron chi connectivity index (χ0n) is 20.6. The second-order valence-corrected chi connectivity index (χ2v) is 7.66. The van der Waals surface area contributed by atoms with Gasteiger partial charge in [0.05, 0.1) is 27.4 Å². The first-order valence-electron chi connectivity index (χ1n) is 11.0. The van der Waals surface area contributed by atoms with Crippen LogP contribution < -0.4 is 24.8 Å². The molecule has 0 spiro atoms. The first-order chi connectivity index (χ1) is 14.4. The van der Waals surface area contributed by atoms with Crippen LogP contribution in [-0.2, 0) is 6.54 Å². The average molecular weight is 551 g/mol. The maximum absolute atomic E-state index is 5.67. The number of ether oxygens (including phenoxy) is 3. The van der Waals surface area contributed by atoms with Crippen LogP contribution in [-0.4, -0.2) is 63.4 Å². The van der Waals surface area contributed by atoms with Gasteiger partial charge >= 0.3 is 0 Å². The molecule has 2 N–H and O–H groups in total. The van der Waals surface area contributed by atoms with E-state index in [-0.39, 0.29) is 24.0 Å². The summed E-state index contributed by atoms with van der Waals surface area (Å²) in [7, 11) is 3.27. The summed E-state index contributed by atoms with van der Waals surface area (Å²) in [5.41, 5.74) is 0.996. The maximum Gasteiger partial charge on any atom is 0.203 e. The van der Waals surface area contributed by atoms with Gasteiger partial charge in [0.25, 0.3) is 0 Å². The summed E-state index contributed by atoms with van der Waals surface area (Å²) < 4.78 is 16.6. The predicted octanol–water partition coefficient (Wildman–Crippen LogP) is 4.28. The van der Waals surface area contributed by atoms with Crippen molar-refractivity contribution in [3.63, 3.8) is 0 Å². The van der Waals surface area contributed by atoms with Crippen LogP contribution in [0.15, 0.2) is 17.1 Å². The average Bonchev–Trinajstić information content (AvgIpc) is 2.71. The van der Waals surface area contributed by atoms with Gasteiger partial charge < -0.3 is 24.8 Å². The SMILES string of the molecule is CCNC(=NCc1cc(OC)c(OCC)c(OC)c1)NCCCN(C(C)C)C(C)C.I. The van der Waals surface area contributed by atoms with Crippen molar-refractivity contribution in [2.24, 2.45) is 4.99 Å². The molecule has 0 fully saturated rings. The molecule has 0 amide bonds. The minimum absolute atomic E-state index is 0. The minimum atomic E-state index is 0. The molecule has 180 valence electrons. The van der Waals surface area contributed by atoms with Crippen LogP contribution in [0.1, 0.15) is 53.5 Å². The van der Waals surface area contributed by atoms with Gasteiger partial charge in [-0.05, 0) is 65.7 Å². The third-order valence-electron chi connectivity index (χ3n) is 4.79. The molecule has 0 heterocycles. The number of rotatable bonds is 13. The van der Waals surface area contributed by atoms with Crippen molar-refractivity contribution in [1.29, 1.82) is 0 Å². The Kier molecular flexibility index (Phi) is 15.5. The van der Waals surface area contributed by atoms with Gasteiger partial charge in [-0.25, -0.2) is 4.99 Å². The maximum atomic E-state index is 5.67. The second kappa shape index (κ2) is 16.2. The molecular formula is C23H43IN4O3. The molecule has 0 aliphatic rings. The molecule has 0 bridgehead atoms. The van der Waals surface area contributed by atoms with Crippen molar-refractivity contribution in [1.82, 2.24) is 15.5 Å². The van der Waals surface area contributed by atoms with Gasteiger partial charge in [0.1, 0.15) is 0 Å². The smallest absolute Gasteiger partial charge is 0.203 e. The fourth-order valence-corrected chi connectivity index (χ4v) is 3.41. The van der Waals surface area contributed by atoms with E-state index in [4.69, 9.17) is 19.2 Å². The van der Waals surface area contributed by atoms with Crippen molar-refractivity contribution in [3.05, 3.63) is 17.7 Å². The monoisotopic (exact) mass is 550 g/mol. The summed E-state index contributed by atoms with van der Waals surface area (Å²) >= 11 is 0. The van der Waals surface area contributed by atoms with Crippen LogP contribution in [0.4, 0.5) is 0 Å². The van der Waals surface area contributed by atoms with Crippen LogP contribution >= 0.6 is 24.0 Å². The van der Waals surface area contributed by atoms with E-state index in [1.54, 1.807) is 14.2 Å². The van der Waals surface area contributed by atoms with Crippen molar-refractivity contribution < 1.29 is 14.2 Å². The summed E-state index contributed by atoms with van der Waals surface area (Å²) in [6, 6.07) is 5.00. The quantitative estimate of drug-likeness (QED) is 0.165. The number of benzene rings is 1. The zero-order valence-corrected chi connectivity index (χ0v) is 22.9. The molecule has 0 radical (unpaired) electrons. The summed E-state index contributed by atoms with van der Waals surface area (Å²) in [6.45, 7) is 16.8. The van der Waals surface area contributed by atoms with Crippen molar-refractivity contribution in [2.75, 3.05) is 40.5 Å². The molecule has 1 aromatic carbocycles. The summed E-state index contributed by atoms with van der Waals surface area (Å²) in [5, 5.41) is 6.75. The largest absolute Gasteiger partial charge is 0.493 e. The Bertz CT molecular complexity index is 621. The van der Waals surface area contributed by atoms with E-state index in [1.807, 2.05) is 19.1 Å². The highest BCUT2D eigenvalue weighted by atomic mass is 127. The first kappa shape index (κ1) is 29.6. The predicted molar refractivity (Wildman–Crippen MR) is 141 cm³/mol. The number of aliphatic imine (C=N–C) groups is 1. The number of nitrogens with zero attached hydrogens (tertiary/aromatic N) is 2. The van der Waals surface area contributed by atoms with E-state index in [9.17, 15) is 0 Å². The zero-order chi connectivity index (χ0) is 22.5. The Hall–Kier alpha value is -1.42. The molecule has 0 aliphatic heterocycles. The molecular weight excluding hydrogens is 507 g/mol. The van der Waals surface area contributed by atoms with Crippen molar-refractivity contribution in [2.45, 2.75) is 66.6 Å². The van der Waals surface area contributed by atoms with Gasteiger partial charge in [-0.15, -0.1) is 24.0 Å². The highest BCUT2D eigenvalue weighted by Gasteiger charge is 2.14. The van der Waals surface area contributed by atoms with Crippen LogP contribution in [0, 0.1) is 0 Å². The van der Waals surface area contributed by atoms with Crippen LogP contribution in [0.3, 0.4) is 0 Å². The van der Waals surface area contributed by atoms with Gasteiger partial charge in [-0.3, -0.25) is 4.90 Å². The second-order valence-electron chi connectivity index (χ2n) is 7.66. The van der Waals surface area contributed by atoms with E-state index >= 15 is 0 Å². The molecule has 0 saturated carbocycles. The van der Waals surface area contributed by atoms with Crippen molar-refractivity contribution in [3.8, 4) is 17.2 Å². The number of halogens is 1. The fraction of sp³-hybridized carbons (Fsp3) is 0.696. The van der Waals surface area contributed by atoms with Gasteiger partial charge in [0, 0.05) is 31.7 Å². The van der Waals surface area contributed by atoms with E-state index < -0.39 is 0 Å². The lowest BCUT2D eigenvalue weighted by Crippen LogP contribution is -2.41. The normalized spacial score (nSPS) is 11.5. The van der Waals surface area contributed by atoms with Gasteiger partial charge in [-0.1, -0.05) is 0 Å². The molecule has 31 heavy (non-hydrogen) atoms. The first-order valence-corrected chi connectivity index (χ1v) is 11.0. The molecule has 0 atom stereocenters. The molecule has 1 rings (SSSR count). The Morgan fingerprint density at radius 2 is 1.58 bits per heavy atom. The minimum Gasteiger partial charge on any atom is -0.493 e. The lowest BCUT2D eigenvalue weighted by atomic mass is 10.2. The molecule has 0 unspecified atom stereocenters. The number of guanidine groups is 1.